The molecule has 0 aliphatic carbocycles. The van der Waals surface area contributed by atoms with Gasteiger partial charge in [0.25, 0.3) is 0 Å². The average Bonchev–Trinajstić information content (AvgIpc) is 2.27. The van der Waals surface area contributed by atoms with Crippen LogP contribution in [0.1, 0.15) is 5.56 Å². The van der Waals surface area contributed by atoms with Gasteiger partial charge in [-0.3, -0.25) is 4.79 Å². The fraction of sp³-hybridized carbons (Fsp3) is 0.308. The van der Waals surface area contributed by atoms with Crippen molar-refractivity contribution in [3.05, 3.63) is 29.6 Å². The Hall–Kier alpha value is -1.68. The van der Waals surface area contributed by atoms with Gasteiger partial charge in [0.15, 0.2) is 0 Å². The van der Waals surface area contributed by atoms with Crippen LogP contribution in [0.4, 0.5) is 23.2 Å². The molecule has 0 atom stereocenters. The van der Waals surface area contributed by atoms with Gasteiger partial charge in [0.05, 0.1) is 5.69 Å². The van der Waals surface area contributed by atoms with E-state index >= 15 is 0 Å². The molecule has 0 bridgehead atoms. The highest BCUT2D eigenvalue weighted by molar-refractivity contribution is 8.35. The summed E-state index contributed by atoms with van der Waals surface area (Å²) in [6, 6.07) is 3.39. The highest BCUT2D eigenvalue weighted by Crippen LogP contribution is 2.32. The molecule has 1 aromatic carbocycles. The Balaban J connectivity index is 3.04. The molecule has 20 heavy (non-hydrogen) atoms. The number of carbonyl (C=O) groups is 1. The number of alkyl halides is 3. The van der Waals surface area contributed by atoms with E-state index in [4.69, 9.17) is 0 Å². The van der Waals surface area contributed by atoms with Gasteiger partial charge < -0.3 is 5.32 Å². The fourth-order valence-corrected chi connectivity index (χ4v) is 1.53. The van der Waals surface area contributed by atoms with E-state index in [-0.39, 0.29) is 0 Å². The summed E-state index contributed by atoms with van der Waals surface area (Å²) in [5.41, 5.74) is -0.200. The van der Waals surface area contributed by atoms with Crippen LogP contribution >= 0.6 is 10.0 Å². The topological polar surface area (TPSA) is 29.1 Å². The van der Waals surface area contributed by atoms with Crippen LogP contribution in [0.5, 0.6) is 0 Å². The van der Waals surface area contributed by atoms with E-state index in [0.717, 1.165) is 12.1 Å². The van der Waals surface area contributed by atoms with Crippen LogP contribution in [-0.2, 0) is 4.79 Å². The second kappa shape index (κ2) is 5.75. The minimum absolute atomic E-state index is 0.339. The predicted octanol–water partition coefficient (Wildman–Crippen LogP) is 3.33. The van der Waals surface area contributed by atoms with Crippen LogP contribution in [0, 0.1) is 17.0 Å². The van der Waals surface area contributed by atoms with Crippen molar-refractivity contribution in [2.75, 3.05) is 24.1 Å². The number of nitrogens with one attached hydrogen (secondary N) is 1. The Morgan fingerprint density at radius 2 is 1.85 bits per heavy atom. The number of benzene rings is 1. The minimum Gasteiger partial charge on any atom is -0.316 e. The summed E-state index contributed by atoms with van der Waals surface area (Å²) in [7, 11) is -1.11. The van der Waals surface area contributed by atoms with E-state index in [2.05, 4.69) is 11.2 Å². The molecule has 0 saturated carbocycles. The van der Waals surface area contributed by atoms with Crippen LogP contribution < -0.4 is 5.32 Å². The van der Waals surface area contributed by atoms with Crippen LogP contribution in [0.15, 0.2) is 18.2 Å². The third-order valence-electron chi connectivity index (χ3n) is 1.97. The van der Waals surface area contributed by atoms with E-state index in [0.29, 0.717) is 5.56 Å². The molecule has 0 aliphatic heterocycles. The average molecular weight is 307 g/mol. The lowest BCUT2D eigenvalue weighted by molar-refractivity contribution is -0.167. The number of amides is 1. The molecule has 0 saturated heterocycles. The quantitative estimate of drug-likeness (QED) is 0.626. The molecule has 0 aliphatic rings. The second-order valence-corrected chi connectivity index (χ2v) is 8.59. The maximum Gasteiger partial charge on any atom is 0.471 e. The third kappa shape index (κ3) is 5.13. The fourth-order valence-electron chi connectivity index (χ4n) is 1.10. The van der Waals surface area contributed by atoms with E-state index in [1.54, 1.807) is 0 Å². The Labute approximate surface area is 115 Å². The Morgan fingerprint density at radius 1 is 1.25 bits per heavy atom. The van der Waals surface area contributed by atoms with Gasteiger partial charge in [-0.15, -0.1) is 0 Å². The molecule has 0 fully saturated rings. The smallest absolute Gasteiger partial charge is 0.316 e. The molecular weight excluding hydrogens is 294 g/mol. The lowest BCUT2D eigenvalue weighted by atomic mass is 10.2. The normalized spacial score (nSPS) is 12.3. The van der Waals surface area contributed by atoms with Gasteiger partial charge >= 0.3 is 12.1 Å². The van der Waals surface area contributed by atoms with Crippen molar-refractivity contribution < 1.29 is 22.4 Å². The maximum absolute atomic E-state index is 13.4. The molecule has 0 unspecified atom stereocenters. The molecule has 0 heterocycles. The first-order valence-electron chi connectivity index (χ1n) is 5.38. The van der Waals surface area contributed by atoms with Crippen LogP contribution in [0.25, 0.3) is 0 Å². The molecule has 2 nitrogen and oxygen atoms in total. The number of halogens is 4. The first-order valence-corrected chi connectivity index (χ1v) is 8.23. The van der Waals surface area contributed by atoms with Crippen molar-refractivity contribution in [2.24, 2.45) is 0 Å². The van der Waals surface area contributed by atoms with E-state index in [1.165, 1.54) is 11.4 Å². The standard InChI is InChI=1S/C13H13F4NOS/c1-20(2,3)7-6-9-4-5-10(14)11(8-9)18-12(19)13(15,16)17/h4-5,8H,1-3H3,(H,18,19). The molecular formula is C13H13F4NOS. The highest BCUT2D eigenvalue weighted by Gasteiger charge is 2.39. The van der Waals surface area contributed by atoms with Crippen molar-refractivity contribution in [1.82, 2.24) is 0 Å². The first kappa shape index (κ1) is 16.4. The zero-order valence-corrected chi connectivity index (χ0v) is 11.9. The first-order chi connectivity index (χ1) is 8.99. The second-order valence-electron chi connectivity index (χ2n) is 4.71. The monoisotopic (exact) mass is 307 g/mol. The van der Waals surface area contributed by atoms with Gasteiger partial charge in [-0.25, -0.2) is 4.39 Å². The Morgan fingerprint density at radius 3 is 2.35 bits per heavy atom. The van der Waals surface area contributed by atoms with Crippen molar-refractivity contribution >= 4 is 21.6 Å². The van der Waals surface area contributed by atoms with Crippen LogP contribution in [0.3, 0.4) is 0 Å². The lowest BCUT2D eigenvalue weighted by Gasteiger charge is -2.15. The molecule has 1 amide bonds. The Kier molecular flexibility index (Phi) is 4.71. The summed E-state index contributed by atoms with van der Waals surface area (Å²) < 4.78 is 49.7. The number of anilines is 1. The van der Waals surface area contributed by atoms with E-state index in [9.17, 15) is 22.4 Å². The number of rotatable bonds is 1. The van der Waals surface area contributed by atoms with Gasteiger partial charge in [0.2, 0.25) is 0 Å². The largest absolute Gasteiger partial charge is 0.471 e. The molecule has 7 heteroatoms. The molecule has 0 aromatic heterocycles. The summed E-state index contributed by atoms with van der Waals surface area (Å²) in [6.45, 7) is 0. The van der Waals surface area contributed by atoms with Gasteiger partial charge in [-0.1, -0.05) is 5.92 Å². The SMILES string of the molecule is CS(C)(C)C#Cc1ccc(F)c(NC(=O)C(F)(F)F)c1. The van der Waals surface area contributed by atoms with Gasteiger partial charge in [-0.05, 0) is 42.2 Å². The van der Waals surface area contributed by atoms with Crippen molar-refractivity contribution in [1.29, 1.82) is 0 Å². The van der Waals surface area contributed by atoms with Gasteiger partial charge in [0.1, 0.15) is 5.82 Å². The number of carbonyl (C=O) groups excluding carboxylic acids is 1. The van der Waals surface area contributed by atoms with Crippen LogP contribution in [0.2, 0.25) is 0 Å². The maximum atomic E-state index is 13.4. The molecule has 1 rings (SSSR count). The zero-order chi connectivity index (χ0) is 15.6. The third-order valence-corrected chi connectivity index (χ3v) is 2.69. The molecule has 0 radical (unpaired) electrons. The molecule has 1 N–H and O–H groups in total. The summed E-state index contributed by atoms with van der Waals surface area (Å²) in [5, 5.41) is 4.43. The molecule has 0 spiro atoms. The lowest BCUT2D eigenvalue weighted by Crippen LogP contribution is -2.30. The molecule has 110 valence electrons. The summed E-state index contributed by atoms with van der Waals surface area (Å²) in [5.74, 6) is -0.415. The predicted molar refractivity (Wildman–Crippen MR) is 73.3 cm³/mol. The molecule has 1 aromatic rings. The van der Waals surface area contributed by atoms with Crippen molar-refractivity contribution in [3.8, 4) is 11.2 Å². The van der Waals surface area contributed by atoms with Gasteiger partial charge in [-0.2, -0.15) is 23.2 Å². The summed E-state index contributed by atoms with van der Waals surface area (Å²) in [6.07, 6.45) is 0.755. The summed E-state index contributed by atoms with van der Waals surface area (Å²) >= 11 is 0. The van der Waals surface area contributed by atoms with Crippen molar-refractivity contribution in [2.45, 2.75) is 6.18 Å². The highest BCUT2D eigenvalue weighted by atomic mass is 32.3. The number of hydrogen-bond acceptors (Lipinski definition) is 1. The summed E-state index contributed by atoms with van der Waals surface area (Å²) in [4.78, 5) is 10.8. The van der Waals surface area contributed by atoms with Gasteiger partial charge in [0, 0.05) is 5.56 Å². The van der Waals surface area contributed by atoms with E-state index in [1.807, 2.05) is 18.8 Å². The Bertz CT molecular complexity index is 579. The zero-order valence-electron chi connectivity index (χ0n) is 11.1. The van der Waals surface area contributed by atoms with Crippen molar-refractivity contribution in [3.63, 3.8) is 0 Å². The minimum atomic E-state index is -5.07. The van der Waals surface area contributed by atoms with Crippen LogP contribution in [-0.4, -0.2) is 30.9 Å². The van der Waals surface area contributed by atoms with E-state index < -0.39 is 33.6 Å². The number of hydrogen-bond donors (Lipinski definition) is 1.